The van der Waals surface area contributed by atoms with Gasteiger partial charge in [0.2, 0.25) is 5.89 Å². The van der Waals surface area contributed by atoms with Crippen molar-refractivity contribution in [2.45, 2.75) is 13.1 Å². The zero-order valence-electron chi connectivity index (χ0n) is 11.8. The van der Waals surface area contributed by atoms with Gasteiger partial charge in [-0.05, 0) is 36.2 Å². The zero-order chi connectivity index (χ0) is 15.5. The van der Waals surface area contributed by atoms with Crippen molar-refractivity contribution in [3.05, 3.63) is 57.2 Å². The second-order valence-corrected chi connectivity index (χ2v) is 6.66. The maximum absolute atomic E-state index is 6.03. The smallest absolute Gasteiger partial charge is 0.257 e. The Hall–Kier alpha value is -1.40. The van der Waals surface area contributed by atoms with E-state index in [9.17, 15) is 0 Å². The molecule has 0 aliphatic carbocycles. The second-order valence-electron chi connectivity index (χ2n) is 4.90. The van der Waals surface area contributed by atoms with Gasteiger partial charge in [-0.1, -0.05) is 35.3 Å². The third kappa shape index (κ3) is 3.67. The molecule has 3 rings (SSSR count). The second kappa shape index (κ2) is 6.79. The predicted octanol–water partition coefficient (Wildman–Crippen LogP) is 4.74. The number of hydrogen-bond donors (Lipinski definition) is 0. The molecule has 4 nitrogen and oxygen atoms in total. The monoisotopic (exact) mass is 353 g/mol. The highest BCUT2D eigenvalue weighted by Crippen LogP contribution is 2.24. The summed E-state index contributed by atoms with van der Waals surface area (Å²) in [7, 11) is 1.98. The first kappa shape index (κ1) is 15.5. The summed E-state index contributed by atoms with van der Waals surface area (Å²) in [5, 5.41) is 11.3. The summed E-state index contributed by atoms with van der Waals surface area (Å²) >= 11 is 13.5. The van der Waals surface area contributed by atoms with Crippen LogP contribution in [0.5, 0.6) is 0 Å². The first-order chi connectivity index (χ1) is 10.6. The lowest BCUT2D eigenvalue weighted by atomic mass is 10.2. The molecule has 1 aromatic carbocycles. The van der Waals surface area contributed by atoms with Gasteiger partial charge in [0.1, 0.15) is 0 Å². The summed E-state index contributed by atoms with van der Waals surface area (Å²) in [6.07, 6.45) is 0. The molecule has 0 saturated carbocycles. The van der Waals surface area contributed by atoms with Gasteiger partial charge in [-0.15, -0.1) is 21.5 Å². The van der Waals surface area contributed by atoms with Gasteiger partial charge in [-0.2, -0.15) is 0 Å². The number of thiophene rings is 1. The Bertz CT molecular complexity index is 758. The van der Waals surface area contributed by atoms with E-state index in [4.69, 9.17) is 27.6 Å². The zero-order valence-corrected chi connectivity index (χ0v) is 14.1. The van der Waals surface area contributed by atoms with E-state index in [1.807, 2.05) is 36.7 Å². The molecule has 7 heteroatoms. The lowest BCUT2D eigenvalue weighted by Gasteiger charge is -2.14. The Morgan fingerprint density at radius 1 is 1.14 bits per heavy atom. The molecule has 0 fully saturated rings. The minimum absolute atomic E-state index is 0.560. The molecule has 114 valence electrons. The van der Waals surface area contributed by atoms with Crippen LogP contribution in [0.1, 0.15) is 11.5 Å². The van der Waals surface area contributed by atoms with Gasteiger partial charge in [-0.3, -0.25) is 4.90 Å². The van der Waals surface area contributed by atoms with Crippen LogP contribution in [0.2, 0.25) is 10.0 Å². The lowest BCUT2D eigenvalue weighted by molar-refractivity contribution is 0.283. The molecule has 0 aliphatic rings. The molecule has 0 radical (unpaired) electrons. The number of rotatable bonds is 5. The topological polar surface area (TPSA) is 42.2 Å². The third-order valence-electron chi connectivity index (χ3n) is 3.04. The Balaban J connectivity index is 1.64. The van der Waals surface area contributed by atoms with Crippen molar-refractivity contribution in [3.8, 4) is 10.8 Å². The summed E-state index contributed by atoms with van der Waals surface area (Å²) in [5.74, 6) is 1.15. The van der Waals surface area contributed by atoms with Crippen molar-refractivity contribution in [2.75, 3.05) is 7.05 Å². The van der Waals surface area contributed by atoms with E-state index in [2.05, 4.69) is 15.1 Å². The third-order valence-corrected chi connectivity index (χ3v) is 4.64. The number of nitrogens with zero attached hydrogens (tertiary/aromatic N) is 3. The number of aromatic nitrogens is 2. The van der Waals surface area contributed by atoms with Crippen LogP contribution in [0, 0.1) is 0 Å². The Kier molecular flexibility index (Phi) is 4.78. The molecule has 2 heterocycles. The van der Waals surface area contributed by atoms with E-state index in [-0.39, 0.29) is 0 Å². The molecule has 2 aromatic heterocycles. The van der Waals surface area contributed by atoms with E-state index in [1.54, 1.807) is 17.4 Å². The SMILES string of the molecule is CN(Cc1ccc(Cl)c(Cl)c1)Cc1nnc(-c2cccs2)o1. The standard InChI is InChI=1S/C15H13Cl2N3OS/c1-20(8-10-4-5-11(16)12(17)7-10)9-14-18-19-15(21-14)13-3-2-6-22-13/h2-7H,8-9H2,1H3. The molecule has 0 amide bonds. The Morgan fingerprint density at radius 2 is 2.00 bits per heavy atom. The highest BCUT2D eigenvalue weighted by molar-refractivity contribution is 7.13. The molecular weight excluding hydrogens is 341 g/mol. The summed E-state index contributed by atoms with van der Waals surface area (Å²) < 4.78 is 5.68. The largest absolute Gasteiger partial charge is 0.419 e. The summed E-state index contributed by atoms with van der Waals surface area (Å²) in [6.45, 7) is 1.28. The van der Waals surface area contributed by atoms with E-state index in [0.717, 1.165) is 10.4 Å². The number of halogens is 2. The highest BCUT2D eigenvalue weighted by Gasteiger charge is 2.12. The fourth-order valence-electron chi connectivity index (χ4n) is 2.05. The van der Waals surface area contributed by atoms with Gasteiger partial charge < -0.3 is 4.42 Å². The average Bonchev–Trinajstić information content (AvgIpc) is 3.13. The van der Waals surface area contributed by atoms with Gasteiger partial charge in [0.25, 0.3) is 5.89 Å². The van der Waals surface area contributed by atoms with E-state index < -0.39 is 0 Å². The van der Waals surface area contributed by atoms with Crippen LogP contribution >= 0.6 is 34.5 Å². The summed E-state index contributed by atoms with van der Waals surface area (Å²) in [6, 6.07) is 9.54. The fourth-order valence-corrected chi connectivity index (χ4v) is 3.02. The maximum Gasteiger partial charge on any atom is 0.257 e. The van der Waals surface area contributed by atoms with Gasteiger partial charge in [0.15, 0.2) is 0 Å². The normalized spacial score (nSPS) is 11.3. The van der Waals surface area contributed by atoms with Gasteiger partial charge in [-0.25, -0.2) is 0 Å². The quantitative estimate of drug-likeness (QED) is 0.664. The van der Waals surface area contributed by atoms with Crippen molar-refractivity contribution in [3.63, 3.8) is 0 Å². The first-order valence-corrected chi connectivity index (χ1v) is 8.24. The van der Waals surface area contributed by atoms with Crippen molar-refractivity contribution in [2.24, 2.45) is 0 Å². The average molecular weight is 354 g/mol. The lowest BCUT2D eigenvalue weighted by Crippen LogP contribution is -2.17. The Morgan fingerprint density at radius 3 is 2.73 bits per heavy atom. The van der Waals surface area contributed by atoms with Gasteiger partial charge >= 0.3 is 0 Å². The molecule has 0 unspecified atom stereocenters. The molecule has 0 bridgehead atoms. The van der Waals surface area contributed by atoms with Crippen LogP contribution in [0.4, 0.5) is 0 Å². The molecule has 0 saturated heterocycles. The molecule has 0 spiro atoms. The molecule has 0 atom stereocenters. The Labute approximate surface area is 142 Å². The summed E-state index contributed by atoms with van der Waals surface area (Å²) in [5.41, 5.74) is 1.08. The van der Waals surface area contributed by atoms with Crippen LogP contribution in [0.3, 0.4) is 0 Å². The molecule has 0 aliphatic heterocycles. The van der Waals surface area contributed by atoms with E-state index >= 15 is 0 Å². The molecule has 3 aromatic rings. The molecule has 22 heavy (non-hydrogen) atoms. The van der Waals surface area contributed by atoms with Crippen molar-refractivity contribution < 1.29 is 4.42 Å². The van der Waals surface area contributed by atoms with Crippen molar-refractivity contribution in [1.82, 2.24) is 15.1 Å². The van der Waals surface area contributed by atoms with Crippen molar-refractivity contribution >= 4 is 34.5 Å². The predicted molar refractivity (Wildman–Crippen MR) is 89.2 cm³/mol. The van der Waals surface area contributed by atoms with Gasteiger partial charge in [0, 0.05) is 6.54 Å². The first-order valence-electron chi connectivity index (χ1n) is 6.60. The van der Waals surface area contributed by atoms with Crippen LogP contribution in [0.15, 0.2) is 40.1 Å². The highest BCUT2D eigenvalue weighted by atomic mass is 35.5. The van der Waals surface area contributed by atoms with Crippen LogP contribution < -0.4 is 0 Å². The van der Waals surface area contributed by atoms with Crippen LogP contribution in [-0.4, -0.2) is 22.1 Å². The van der Waals surface area contributed by atoms with Gasteiger partial charge in [0.05, 0.1) is 21.5 Å². The maximum atomic E-state index is 6.03. The fraction of sp³-hybridized carbons (Fsp3) is 0.200. The minimum atomic E-state index is 0.560. The van der Waals surface area contributed by atoms with E-state index in [1.165, 1.54) is 0 Å². The summed E-state index contributed by atoms with van der Waals surface area (Å²) in [4.78, 5) is 3.05. The van der Waals surface area contributed by atoms with Crippen LogP contribution in [0.25, 0.3) is 10.8 Å². The molecular formula is C15H13Cl2N3OS. The number of benzene rings is 1. The molecule has 0 N–H and O–H groups in total. The number of hydrogen-bond acceptors (Lipinski definition) is 5. The van der Waals surface area contributed by atoms with Crippen LogP contribution in [-0.2, 0) is 13.1 Å². The van der Waals surface area contributed by atoms with Crippen molar-refractivity contribution in [1.29, 1.82) is 0 Å². The minimum Gasteiger partial charge on any atom is -0.419 e. The van der Waals surface area contributed by atoms with E-state index in [0.29, 0.717) is 34.9 Å².